The van der Waals surface area contributed by atoms with Crippen molar-refractivity contribution in [2.75, 3.05) is 12.3 Å². The lowest BCUT2D eigenvalue weighted by atomic mass is 10.2. The summed E-state index contributed by atoms with van der Waals surface area (Å²) in [6.07, 6.45) is 0. The second-order valence-electron chi connectivity index (χ2n) is 2.58. The number of halogens is 2. The summed E-state index contributed by atoms with van der Waals surface area (Å²) < 4.78 is 13.8. The maximum atomic E-state index is 12.8. The molecule has 0 radical (unpaired) electrons. The first-order chi connectivity index (χ1) is 6.24. The Hall–Kier alpha value is -0.0600. The summed E-state index contributed by atoms with van der Waals surface area (Å²) in [6.45, 7) is 0.664. The Morgan fingerprint density at radius 3 is 2.92 bits per heavy atom. The zero-order valence-electron chi connectivity index (χ0n) is 7.09. The molecular weight excluding hydrogens is 253 g/mol. The molecule has 0 unspecified atom stereocenters. The van der Waals surface area contributed by atoms with Crippen LogP contribution in [0, 0.1) is 5.82 Å². The van der Waals surface area contributed by atoms with E-state index in [2.05, 4.69) is 15.9 Å². The summed E-state index contributed by atoms with van der Waals surface area (Å²) in [7, 11) is 0. The van der Waals surface area contributed by atoms with E-state index in [1.165, 1.54) is 6.07 Å². The Labute approximate surface area is 90.0 Å². The monoisotopic (exact) mass is 263 g/mol. The molecule has 0 amide bonds. The highest BCUT2D eigenvalue weighted by Gasteiger charge is 2.01. The summed E-state index contributed by atoms with van der Waals surface area (Å²) >= 11 is 5.08. The van der Waals surface area contributed by atoms with Crippen LogP contribution < -0.4 is 5.73 Å². The molecule has 72 valence electrons. The van der Waals surface area contributed by atoms with Crippen molar-refractivity contribution in [3.8, 4) is 0 Å². The number of benzene rings is 1. The molecular formula is C9H11BrFNS. The zero-order chi connectivity index (χ0) is 9.68. The number of rotatable bonds is 4. The smallest absolute Gasteiger partial charge is 0.123 e. The van der Waals surface area contributed by atoms with Gasteiger partial charge in [-0.3, -0.25) is 0 Å². The van der Waals surface area contributed by atoms with Gasteiger partial charge in [0, 0.05) is 22.5 Å². The first-order valence-electron chi connectivity index (χ1n) is 3.96. The van der Waals surface area contributed by atoms with Crippen LogP contribution in [0.2, 0.25) is 0 Å². The maximum Gasteiger partial charge on any atom is 0.123 e. The predicted octanol–water partition coefficient (Wildman–Crippen LogP) is 2.78. The Kier molecular flexibility index (Phi) is 4.77. The molecule has 0 saturated heterocycles. The second-order valence-corrected chi connectivity index (χ2v) is 4.54. The quantitative estimate of drug-likeness (QED) is 0.846. The SMILES string of the molecule is NCCSCc1cc(F)ccc1Br. The van der Waals surface area contributed by atoms with Crippen molar-refractivity contribution >= 4 is 27.7 Å². The molecule has 1 aromatic carbocycles. The van der Waals surface area contributed by atoms with Gasteiger partial charge in [-0.25, -0.2) is 4.39 Å². The average Bonchev–Trinajstić information content (AvgIpc) is 2.11. The van der Waals surface area contributed by atoms with Crippen LogP contribution in [0.1, 0.15) is 5.56 Å². The molecule has 0 aromatic heterocycles. The Bertz CT molecular complexity index is 280. The van der Waals surface area contributed by atoms with Gasteiger partial charge in [0.1, 0.15) is 5.82 Å². The van der Waals surface area contributed by atoms with Crippen LogP contribution in [0.25, 0.3) is 0 Å². The molecule has 1 nitrogen and oxygen atoms in total. The van der Waals surface area contributed by atoms with Gasteiger partial charge in [0.25, 0.3) is 0 Å². The Morgan fingerprint density at radius 2 is 2.23 bits per heavy atom. The van der Waals surface area contributed by atoms with Crippen molar-refractivity contribution in [2.45, 2.75) is 5.75 Å². The van der Waals surface area contributed by atoms with E-state index in [1.807, 2.05) is 0 Å². The van der Waals surface area contributed by atoms with Gasteiger partial charge >= 0.3 is 0 Å². The molecule has 0 spiro atoms. The van der Waals surface area contributed by atoms with E-state index in [9.17, 15) is 4.39 Å². The van der Waals surface area contributed by atoms with Crippen molar-refractivity contribution < 1.29 is 4.39 Å². The summed E-state index contributed by atoms with van der Waals surface area (Å²) in [5.74, 6) is 1.52. The van der Waals surface area contributed by atoms with E-state index in [1.54, 1.807) is 23.9 Å². The molecule has 0 aliphatic heterocycles. The second kappa shape index (κ2) is 5.62. The average molecular weight is 264 g/mol. The topological polar surface area (TPSA) is 26.0 Å². The molecule has 1 rings (SSSR count). The van der Waals surface area contributed by atoms with Crippen molar-refractivity contribution in [3.05, 3.63) is 34.1 Å². The van der Waals surface area contributed by atoms with Gasteiger partial charge in [-0.2, -0.15) is 11.8 Å². The van der Waals surface area contributed by atoms with E-state index in [0.29, 0.717) is 6.54 Å². The van der Waals surface area contributed by atoms with Crippen molar-refractivity contribution in [3.63, 3.8) is 0 Å². The standard InChI is InChI=1S/C9H11BrFNS/c10-9-2-1-8(11)5-7(9)6-13-4-3-12/h1-2,5H,3-4,6,12H2. The molecule has 0 heterocycles. The first kappa shape index (κ1) is 11.0. The Balaban J connectivity index is 2.59. The minimum atomic E-state index is -0.188. The fourth-order valence-corrected chi connectivity index (χ4v) is 2.26. The van der Waals surface area contributed by atoms with Crippen LogP contribution in [-0.4, -0.2) is 12.3 Å². The van der Waals surface area contributed by atoms with Gasteiger partial charge in [0.15, 0.2) is 0 Å². The van der Waals surface area contributed by atoms with Crippen LogP contribution in [-0.2, 0) is 5.75 Å². The van der Waals surface area contributed by atoms with Gasteiger partial charge in [-0.05, 0) is 23.8 Å². The lowest BCUT2D eigenvalue weighted by Gasteiger charge is -2.03. The molecule has 1 aromatic rings. The van der Waals surface area contributed by atoms with Crippen LogP contribution in [0.5, 0.6) is 0 Å². The van der Waals surface area contributed by atoms with E-state index in [-0.39, 0.29) is 5.82 Å². The number of thioether (sulfide) groups is 1. The zero-order valence-corrected chi connectivity index (χ0v) is 9.50. The minimum absolute atomic E-state index is 0.188. The molecule has 4 heteroatoms. The molecule has 0 aliphatic rings. The van der Waals surface area contributed by atoms with Gasteiger partial charge in [-0.1, -0.05) is 15.9 Å². The largest absolute Gasteiger partial charge is 0.330 e. The predicted molar refractivity (Wildman–Crippen MR) is 59.3 cm³/mol. The first-order valence-corrected chi connectivity index (χ1v) is 5.90. The molecule has 0 atom stereocenters. The summed E-state index contributed by atoms with van der Waals surface area (Å²) in [5.41, 5.74) is 6.34. The Morgan fingerprint density at radius 1 is 1.46 bits per heavy atom. The van der Waals surface area contributed by atoms with E-state index < -0.39 is 0 Å². The highest BCUT2D eigenvalue weighted by Crippen LogP contribution is 2.22. The maximum absolute atomic E-state index is 12.8. The van der Waals surface area contributed by atoms with Crippen molar-refractivity contribution in [1.29, 1.82) is 0 Å². The lowest BCUT2D eigenvalue weighted by molar-refractivity contribution is 0.626. The third-order valence-corrected chi connectivity index (χ3v) is 3.34. The third-order valence-electron chi connectivity index (χ3n) is 1.53. The van der Waals surface area contributed by atoms with Crippen molar-refractivity contribution in [2.24, 2.45) is 5.73 Å². The van der Waals surface area contributed by atoms with Gasteiger partial charge in [-0.15, -0.1) is 0 Å². The molecule has 0 fully saturated rings. The van der Waals surface area contributed by atoms with Crippen LogP contribution in [0.3, 0.4) is 0 Å². The number of nitrogens with two attached hydrogens (primary N) is 1. The van der Waals surface area contributed by atoms with Crippen LogP contribution in [0.4, 0.5) is 4.39 Å². The fourth-order valence-electron chi connectivity index (χ4n) is 0.919. The lowest BCUT2D eigenvalue weighted by Crippen LogP contribution is -2.01. The normalized spacial score (nSPS) is 10.4. The molecule has 2 N–H and O–H groups in total. The number of hydrogen-bond acceptors (Lipinski definition) is 2. The molecule has 0 bridgehead atoms. The fraction of sp³-hybridized carbons (Fsp3) is 0.333. The molecule has 0 aliphatic carbocycles. The van der Waals surface area contributed by atoms with Crippen molar-refractivity contribution in [1.82, 2.24) is 0 Å². The highest BCUT2D eigenvalue weighted by molar-refractivity contribution is 9.10. The van der Waals surface area contributed by atoms with Gasteiger partial charge < -0.3 is 5.73 Å². The summed E-state index contributed by atoms with van der Waals surface area (Å²) in [4.78, 5) is 0. The highest BCUT2D eigenvalue weighted by atomic mass is 79.9. The summed E-state index contributed by atoms with van der Waals surface area (Å²) in [6, 6.07) is 4.72. The summed E-state index contributed by atoms with van der Waals surface area (Å²) in [5, 5.41) is 0. The van der Waals surface area contributed by atoms with Crippen LogP contribution >= 0.6 is 27.7 Å². The third kappa shape index (κ3) is 3.67. The van der Waals surface area contributed by atoms with Gasteiger partial charge in [0.2, 0.25) is 0 Å². The molecule has 0 saturated carbocycles. The minimum Gasteiger partial charge on any atom is -0.330 e. The van der Waals surface area contributed by atoms with E-state index >= 15 is 0 Å². The van der Waals surface area contributed by atoms with E-state index in [4.69, 9.17) is 5.73 Å². The molecule has 13 heavy (non-hydrogen) atoms. The van der Waals surface area contributed by atoms with Gasteiger partial charge in [0.05, 0.1) is 0 Å². The van der Waals surface area contributed by atoms with Crippen LogP contribution in [0.15, 0.2) is 22.7 Å². The van der Waals surface area contributed by atoms with E-state index in [0.717, 1.165) is 21.5 Å². The number of hydrogen-bond donors (Lipinski definition) is 1.